The van der Waals surface area contributed by atoms with Gasteiger partial charge in [-0.1, -0.05) is 11.1 Å². The fourth-order valence-electron chi connectivity index (χ4n) is 1.42. The summed E-state index contributed by atoms with van der Waals surface area (Å²) in [7, 11) is 1.53. The third kappa shape index (κ3) is 4.25. The Balaban J connectivity index is 2.82. The second kappa shape index (κ2) is 7.30. The van der Waals surface area contributed by atoms with E-state index in [1.807, 2.05) is 6.92 Å². The van der Waals surface area contributed by atoms with Crippen LogP contribution >= 0.6 is 0 Å². The Kier molecular flexibility index (Phi) is 6.03. The molecule has 1 aromatic heterocycles. The highest BCUT2D eigenvalue weighted by molar-refractivity contribution is 7.79. The van der Waals surface area contributed by atoms with Crippen LogP contribution in [0.4, 0.5) is 0 Å². The Morgan fingerprint density at radius 3 is 2.83 bits per heavy atom. The molecule has 0 saturated heterocycles. The third-order valence-corrected chi connectivity index (χ3v) is 2.89. The van der Waals surface area contributed by atoms with Gasteiger partial charge in [0.05, 0.1) is 19.4 Å². The third-order valence-electron chi connectivity index (χ3n) is 2.32. The summed E-state index contributed by atoms with van der Waals surface area (Å²) in [5.41, 5.74) is 6.46. The minimum atomic E-state index is -2.09. The summed E-state index contributed by atoms with van der Waals surface area (Å²) in [6.07, 6.45) is 0.320. The van der Waals surface area contributed by atoms with Gasteiger partial charge in [0, 0.05) is 11.8 Å². The summed E-state index contributed by atoms with van der Waals surface area (Å²) >= 11 is -2.09. The van der Waals surface area contributed by atoms with Gasteiger partial charge in [-0.2, -0.15) is 0 Å². The lowest BCUT2D eigenvalue weighted by molar-refractivity contribution is 0.296. The topological polar surface area (TPSA) is 97.5 Å². The van der Waals surface area contributed by atoms with Crippen LogP contribution in [0.1, 0.15) is 25.1 Å². The summed E-state index contributed by atoms with van der Waals surface area (Å²) in [5.74, 6) is 0.912. The van der Waals surface area contributed by atoms with Gasteiger partial charge < -0.3 is 19.8 Å². The molecule has 1 heterocycles. The largest absolute Gasteiger partial charge is 0.772 e. The monoisotopic (exact) mass is 273 g/mol. The molecular weight excluding hydrogens is 256 g/mol. The number of hydrogen-bond acceptors (Lipinski definition) is 6. The molecule has 1 unspecified atom stereocenters. The molecule has 2 N–H and O–H groups in total. The molecule has 6 nitrogen and oxygen atoms in total. The lowest BCUT2D eigenvalue weighted by Crippen LogP contribution is -2.15. The van der Waals surface area contributed by atoms with Crippen LogP contribution in [0, 0.1) is 0 Å². The smallest absolute Gasteiger partial charge is 0.257 e. The Bertz CT molecular complexity index is 414. The standard InChI is InChI=1S/C11H18N2O4S/c1-3-17-11-10(16-2)5-4-9(13-11)8(12)6-7-18(14)15/h4-5,8H,3,6-7,12H2,1-2H3,(H,14,15)/p-1/t8-/m1/s1. The predicted molar refractivity (Wildman–Crippen MR) is 67.3 cm³/mol. The fourth-order valence-corrected chi connectivity index (χ4v) is 1.86. The van der Waals surface area contributed by atoms with Crippen molar-refractivity contribution >= 4 is 11.1 Å². The first-order chi connectivity index (χ1) is 8.58. The molecule has 0 aromatic carbocycles. The van der Waals surface area contributed by atoms with Crippen LogP contribution in [0.5, 0.6) is 11.6 Å². The Morgan fingerprint density at radius 2 is 2.28 bits per heavy atom. The van der Waals surface area contributed by atoms with Gasteiger partial charge in [-0.15, -0.1) is 0 Å². The van der Waals surface area contributed by atoms with Gasteiger partial charge in [-0.3, -0.25) is 4.21 Å². The van der Waals surface area contributed by atoms with E-state index in [9.17, 15) is 8.76 Å². The van der Waals surface area contributed by atoms with Gasteiger partial charge in [0.1, 0.15) is 0 Å². The number of rotatable bonds is 7. The Labute approximate surface area is 109 Å². The normalized spacial score (nSPS) is 14.0. The zero-order valence-electron chi connectivity index (χ0n) is 10.4. The molecule has 7 heteroatoms. The quantitative estimate of drug-likeness (QED) is 0.736. The average molecular weight is 273 g/mol. The van der Waals surface area contributed by atoms with E-state index in [1.165, 1.54) is 7.11 Å². The zero-order chi connectivity index (χ0) is 13.5. The summed E-state index contributed by atoms with van der Waals surface area (Å²) in [5, 5.41) is 0. The molecule has 0 saturated carbocycles. The SMILES string of the molecule is CCOc1nc([C@H](N)CCS(=O)[O-])ccc1OC. The molecule has 0 amide bonds. The zero-order valence-corrected chi connectivity index (χ0v) is 11.2. The van der Waals surface area contributed by atoms with Crippen LogP contribution in [-0.4, -0.2) is 33.2 Å². The molecule has 102 valence electrons. The number of ether oxygens (including phenoxy) is 2. The predicted octanol–water partition coefficient (Wildman–Crippen LogP) is 0.758. The molecule has 0 radical (unpaired) electrons. The van der Waals surface area contributed by atoms with Crippen LogP contribution in [0.2, 0.25) is 0 Å². The van der Waals surface area contributed by atoms with Crippen molar-refractivity contribution in [1.82, 2.24) is 4.98 Å². The maximum atomic E-state index is 10.5. The summed E-state index contributed by atoms with van der Waals surface area (Å²) in [6, 6.07) is 2.98. The first-order valence-electron chi connectivity index (χ1n) is 5.57. The summed E-state index contributed by atoms with van der Waals surface area (Å²) in [6.45, 7) is 2.31. The van der Waals surface area contributed by atoms with Crippen LogP contribution < -0.4 is 15.2 Å². The molecule has 0 aliphatic heterocycles. The van der Waals surface area contributed by atoms with Gasteiger partial charge in [-0.05, 0) is 25.5 Å². The number of methoxy groups -OCH3 is 1. The van der Waals surface area contributed by atoms with Crippen LogP contribution in [0.3, 0.4) is 0 Å². The molecular formula is C11H17N2O4S-. The second-order valence-corrected chi connectivity index (χ2v) is 4.60. The minimum Gasteiger partial charge on any atom is -0.772 e. The van der Waals surface area contributed by atoms with Gasteiger partial charge in [0.25, 0.3) is 5.88 Å². The van der Waals surface area contributed by atoms with Crippen molar-refractivity contribution in [2.24, 2.45) is 5.73 Å². The molecule has 0 bridgehead atoms. The van der Waals surface area contributed by atoms with Gasteiger partial charge in [0.15, 0.2) is 5.75 Å². The van der Waals surface area contributed by atoms with E-state index in [0.29, 0.717) is 30.4 Å². The highest BCUT2D eigenvalue weighted by Crippen LogP contribution is 2.26. The highest BCUT2D eigenvalue weighted by atomic mass is 32.2. The molecule has 1 aromatic rings. The van der Waals surface area contributed by atoms with Crippen molar-refractivity contribution in [2.75, 3.05) is 19.5 Å². The number of aromatic nitrogens is 1. The van der Waals surface area contributed by atoms with Crippen LogP contribution in [0.25, 0.3) is 0 Å². The van der Waals surface area contributed by atoms with E-state index in [1.54, 1.807) is 12.1 Å². The first kappa shape index (κ1) is 14.9. The summed E-state index contributed by atoms with van der Waals surface area (Å²) < 4.78 is 31.4. The van der Waals surface area contributed by atoms with E-state index in [0.717, 1.165) is 0 Å². The van der Waals surface area contributed by atoms with Gasteiger partial charge in [0.2, 0.25) is 0 Å². The van der Waals surface area contributed by atoms with Crippen LogP contribution in [-0.2, 0) is 11.1 Å². The van der Waals surface area contributed by atoms with Crippen molar-refractivity contribution in [2.45, 2.75) is 19.4 Å². The molecule has 0 spiro atoms. The molecule has 1 rings (SSSR count). The van der Waals surface area contributed by atoms with Crippen molar-refractivity contribution in [1.29, 1.82) is 0 Å². The number of hydrogen-bond donors (Lipinski definition) is 1. The first-order valence-corrected chi connectivity index (χ1v) is 6.82. The highest BCUT2D eigenvalue weighted by Gasteiger charge is 2.12. The number of nitrogens with two attached hydrogens (primary N) is 1. The van der Waals surface area contributed by atoms with E-state index in [-0.39, 0.29) is 5.75 Å². The van der Waals surface area contributed by atoms with Crippen molar-refractivity contribution in [3.8, 4) is 11.6 Å². The molecule has 0 fully saturated rings. The summed E-state index contributed by atoms with van der Waals surface area (Å²) in [4.78, 5) is 4.24. The number of nitrogens with zero attached hydrogens (tertiary/aromatic N) is 1. The lowest BCUT2D eigenvalue weighted by atomic mass is 10.1. The number of pyridine rings is 1. The second-order valence-electron chi connectivity index (χ2n) is 3.58. The van der Waals surface area contributed by atoms with Crippen molar-refractivity contribution in [3.63, 3.8) is 0 Å². The fraction of sp³-hybridized carbons (Fsp3) is 0.545. The maximum Gasteiger partial charge on any atom is 0.257 e. The van der Waals surface area contributed by atoms with E-state index in [4.69, 9.17) is 15.2 Å². The lowest BCUT2D eigenvalue weighted by Gasteiger charge is -2.15. The molecule has 0 aliphatic carbocycles. The molecule has 2 atom stereocenters. The van der Waals surface area contributed by atoms with E-state index in [2.05, 4.69) is 4.98 Å². The molecule has 18 heavy (non-hydrogen) atoms. The maximum absolute atomic E-state index is 10.5. The molecule has 0 aliphatic rings. The Hall–Kier alpha value is -1.18. The average Bonchev–Trinajstić information content (AvgIpc) is 2.36. The van der Waals surface area contributed by atoms with Gasteiger partial charge >= 0.3 is 0 Å². The van der Waals surface area contributed by atoms with E-state index < -0.39 is 17.1 Å². The Morgan fingerprint density at radius 1 is 1.56 bits per heavy atom. The van der Waals surface area contributed by atoms with Crippen molar-refractivity contribution in [3.05, 3.63) is 17.8 Å². The van der Waals surface area contributed by atoms with Crippen molar-refractivity contribution < 1.29 is 18.2 Å². The van der Waals surface area contributed by atoms with E-state index >= 15 is 0 Å². The van der Waals surface area contributed by atoms with Gasteiger partial charge in [-0.25, -0.2) is 4.98 Å². The minimum absolute atomic E-state index is 0.0127. The van der Waals surface area contributed by atoms with Crippen LogP contribution in [0.15, 0.2) is 12.1 Å².